The number of methoxy groups -OCH3 is 2. The number of anilines is 1. The normalized spacial score (nSPS) is 18.2. The lowest BCUT2D eigenvalue weighted by atomic mass is 10.2. The first-order valence-corrected chi connectivity index (χ1v) is 12.1. The second kappa shape index (κ2) is 8.03. The summed E-state index contributed by atoms with van der Waals surface area (Å²) in [6.45, 7) is 0. The third-order valence-electron chi connectivity index (χ3n) is 4.71. The van der Waals surface area contributed by atoms with Crippen molar-refractivity contribution in [2.75, 3.05) is 31.0 Å². The molecule has 1 saturated heterocycles. The summed E-state index contributed by atoms with van der Waals surface area (Å²) in [5, 5.41) is 1.68. The monoisotopic (exact) mass is 439 g/mol. The Morgan fingerprint density at radius 1 is 1.10 bits per heavy atom. The maximum absolute atomic E-state index is 12.8. The highest BCUT2D eigenvalue weighted by Crippen LogP contribution is 2.30. The molecule has 1 N–H and O–H groups in total. The van der Waals surface area contributed by atoms with Crippen LogP contribution >= 0.6 is 0 Å². The molecule has 1 heterocycles. The van der Waals surface area contributed by atoms with Gasteiger partial charge in [-0.25, -0.2) is 16.8 Å². The van der Waals surface area contributed by atoms with E-state index in [0.29, 0.717) is 17.2 Å². The van der Waals surface area contributed by atoms with E-state index in [4.69, 9.17) is 9.47 Å². The van der Waals surface area contributed by atoms with Gasteiger partial charge in [0.05, 0.1) is 41.6 Å². The quantitative estimate of drug-likeness (QED) is 0.731. The summed E-state index contributed by atoms with van der Waals surface area (Å²) in [5.41, 5.74) is 0.490. The molecule has 1 aliphatic rings. The standard InChI is InChI=1S/C19H21NO7S2/c1-26-14-6-7-18(27-2)17(11-14)20-19(21)13-4-3-5-15(10-13)29(24,25)16-8-9-28(22,23)12-16/h3-7,10-11,16H,8-9,12H2,1-2H3,(H,20,21). The molecule has 2 aromatic carbocycles. The number of amides is 1. The van der Waals surface area contributed by atoms with Crippen molar-refractivity contribution in [1.29, 1.82) is 0 Å². The van der Waals surface area contributed by atoms with Gasteiger partial charge in [-0.15, -0.1) is 0 Å². The van der Waals surface area contributed by atoms with Crippen molar-refractivity contribution < 1.29 is 31.1 Å². The minimum atomic E-state index is -3.87. The van der Waals surface area contributed by atoms with Gasteiger partial charge in [-0.05, 0) is 36.8 Å². The fraction of sp³-hybridized carbons (Fsp3) is 0.316. The van der Waals surface area contributed by atoms with Gasteiger partial charge in [0, 0.05) is 11.6 Å². The number of carbonyl (C=O) groups excluding carboxylic acids is 1. The van der Waals surface area contributed by atoms with Crippen molar-refractivity contribution in [2.24, 2.45) is 0 Å². The van der Waals surface area contributed by atoms with E-state index in [1.807, 2.05) is 0 Å². The first kappa shape index (κ1) is 21.1. The van der Waals surface area contributed by atoms with Crippen molar-refractivity contribution in [1.82, 2.24) is 0 Å². The lowest BCUT2D eigenvalue weighted by Crippen LogP contribution is -2.23. The fourth-order valence-corrected chi connectivity index (χ4v) is 7.52. The van der Waals surface area contributed by atoms with E-state index in [1.165, 1.54) is 38.5 Å². The molecule has 2 aromatic rings. The predicted molar refractivity (Wildman–Crippen MR) is 108 cm³/mol. The van der Waals surface area contributed by atoms with Gasteiger partial charge in [0.2, 0.25) is 0 Å². The van der Waals surface area contributed by atoms with Gasteiger partial charge in [-0.3, -0.25) is 4.79 Å². The lowest BCUT2D eigenvalue weighted by molar-refractivity contribution is 0.102. The highest BCUT2D eigenvalue weighted by molar-refractivity contribution is 7.96. The van der Waals surface area contributed by atoms with Crippen LogP contribution in [-0.4, -0.2) is 53.7 Å². The van der Waals surface area contributed by atoms with Crippen molar-refractivity contribution in [3.63, 3.8) is 0 Å². The molecule has 0 aromatic heterocycles. The number of carbonyl (C=O) groups is 1. The molecule has 1 atom stereocenters. The Hall–Kier alpha value is -2.59. The highest BCUT2D eigenvalue weighted by atomic mass is 32.2. The van der Waals surface area contributed by atoms with Gasteiger partial charge in [0.25, 0.3) is 5.91 Å². The van der Waals surface area contributed by atoms with Gasteiger partial charge in [0.15, 0.2) is 19.7 Å². The fourth-order valence-electron chi connectivity index (χ4n) is 3.12. The summed E-state index contributed by atoms with van der Waals surface area (Å²) in [6.07, 6.45) is 0.0576. The van der Waals surface area contributed by atoms with Crippen LogP contribution in [0, 0.1) is 0 Å². The number of ether oxygens (including phenoxy) is 2. The minimum Gasteiger partial charge on any atom is -0.497 e. The molecule has 8 nitrogen and oxygen atoms in total. The Kier molecular flexibility index (Phi) is 5.85. The molecule has 0 spiro atoms. The molecule has 0 radical (unpaired) electrons. The van der Waals surface area contributed by atoms with Crippen LogP contribution in [0.1, 0.15) is 16.8 Å². The Balaban J connectivity index is 1.87. The summed E-state index contributed by atoms with van der Waals surface area (Å²) < 4.78 is 59.3. The first-order valence-electron chi connectivity index (χ1n) is 8.74. The number of hydrogen-bond acceptors (Lipinski definition) is 7. The smallest absolute Gasteiger partial charge is 0.255 e. The van der Waals surface area contributed by atoms with E-state index < -0.39 is 36.6 Å². The summed E-state index contributed by atoms with van der Waals surface area (Å²) in [5.74, 6) is -0.147. The zero-order valence-electron chi connectivity index (χ0n) is 15.9. The SMILES string of the molecule is COc1ccc(OC)c(NC(=O)c2cccc(S(=O)(=O)C3CCS(=O)(=O)C3)c2)c1. The van der Waals surface area contributed by atoms with Gasteiger partial charge < -0.3 is 14.8 Å². The van der Waals surface area contributed by atoms with Crippen LogP contribution < -0.4 is 14.8 Å². The highest BCUT2D eigenvalue weighted by Gasteiger charge is 2.38. The van der Waals surface area contributed by atoms with Gasteiger partial charge in [-0.2, -0.15) is 0 Å². The number of sulfone groups is 2. The molecule has 1 amide bonds. The molecule has 0 bridgehead atoms. The number of hydrogen-bond donors (Lipinski definition) is 1. The largest absolute Gasteiger partial charge is 0.497 e. The average Bonchev–Trinajstić information content (AvgIpc) is 3.08. The van der Waals surface area contributed by atoms with Crippen molar-refractivity contribution in [2.45, 2.75) is 16.6 Å². The van der Waals surface area contributed by atoms with Crippen LogP contribution in [0.25, 0.3) is 0 Å². The maximum atomic E-state index is 12.8. The molecule has 1 unspecified atom stereocenters. The topological polar surface area (TPSA) is 116 Å². The Labute approximate surface area is 169 Å². The van der Waals surface area contributed by atoms with Crippen molar-refractivity contribution in [3.05, 3.63) is 48.0 Å². The summed E-state index contributed by atoms with van der Waals surface area (Å²) >= 11 is 0. The van der Waals surface area contributed by atoms with Crippen LogP contribution in [0.5, 0.6) is 11.5 Å². The number of nitrogens with one attached hydrogen (secondary N) is 1. The molecule has 0 aliphatic carbocycles. The maximum Gasteiger partial charge on any atom is 0.255 e. The first-order chi connectivity index (χ1) is 13.7. The third-order valence-corrected chi connectivity index (χ3v) is 8.88. The van der Waals surface area contributed by atoms with Crippen molar-refractivity contribution in [3.8, 4) is 11.5 Å². The lowest BCUT2D eigenvalue weighted by Gasteiger charge is -2.13. The van der Waals surface area contributed by atoms with E-state index in [-0.39, 0.29) is 22.6 Å². The Morgan fingerprint density at radius 2 is 1.86 bits per heavy atom. The van der Waals surface area contributed by atoms with Crippen LogP contribution in [0.2, 0.25) is 0 Å². The van der Waals surface area contributed by atoms with Gasteiger partial charge in [-0.1, -0.05) is 6.07 Å². The number of benzene rings is 2. The average molecular weight is 440 g/mol. The molecule has 1 fully saturated rings. The molecule has 3 rings (SSSR count). The molecular weight excluding hydrogens is 418 g/mol. The summed E-state index contributed by atoms with van der Waals surface area (Å²) in [7, 11) is -4.27. The van der Waals surface area contributed by atoms with Crippen molar-refractivity contribution >= 4 is 31.3 Å². The molecule has 29 heavy (non-hydrogen) atoms. The molecule has 1 aliphatic heterocycles. The predicted octanol–water partition coefficient (Wildman–Crippen LogP) is 1.92. The van der Waals surface area contributed by atoms with Gasteiger partial charge >= 0.3 is 0 Å². The van der Waals surface area contributed by atoms with Crippen LogP contribution in [0.15, 0.2) is 47.4 Å². The molecule has 156 valence electrons. The second-order valence-corrected chi connectivity index (χ2v) is 11.1. The third kappa shape index (κ3) is 4.54. The van der Waals surface area contributed by atoms with E-state index in [2.05, 4.69) is 5.32 Å². The molecular formula is C19H21NO7S2. The zero-order chi connectivity index (χ0) is 21.2. The number of rotatable bonds is 6. The van der Waals surface area contributed by atoms with E-state index in [0.717, 1.165) is 0 Å². The Bertz CT molecular complexity index is 1140. The Morgan fingerprint density at radius 3 is 2.48 bits per heavy atom. The molecule has 0 saturated carbocycles. The van der Waals surface area contributed by atoms with Crippen LogP contribution in [0.3, 0.4) is 0 Å². The summed E-state index contributed by atoms with van der Waals surface area (Å²) in [6, 6.07) is 10.4. The van der Waals surface area contributed by atoms with Crippen LogP contribution in [0.4, 0.5) is 5.69 Å². The zero-order valence-corrected chi connectivity index (χ0v) is 17.5. The van der Waals surface area contributed by atoms with E-state index >= 15 is 0 Å². The van der Waals surface area contributed by atoms with E-state index in [9.17, 15) is 21.6 Å². The summed E-state index contributed by atoms with van der Waals surface area (Å²) in [4.78, 5) is 12.6. The molecule has 10 heteroatoms. The van der Waals surface area contributed by atoms with Gasteiger partial charge in [0.1, 0.15) is 11.5 Å². The van der Waals surface area contributed by atoms with Crippen LogP contribution in [-0.2, 0) is 19.7 Å². The van der Waals surface area contributed by atoms with E-state index in [1.54, 1.807) is 18.2 Å². The second-order valence-electron chi connectivity index (χ2n) is 6.62. The minimum absolute atomic E-state index is 0.0576.